The molecule has 8 atom stereocenters. The van der Waals surface area contributed by atoms with Crippen molar-refractivity contribution >= 4 is 19.8 Å². The summed E-state index contributed by atoms with van der Waals surface area (Å²) in [7, 11) is -5.11. The molecule has 0 aliphatic heterocycles. The molecule has 61 heavy (non-hydrogen) atoms. The molecule has 0 saturated heterocycles. The van der Waals surface area contributed by atoms with Crippen LogP contribution in [0.4, 0.5) is 0 Å². The third-order valence-corrected chi connectivity index (χ3v) is 12.6. The Labute approximate surface area is 369 Å². The predicted octanol–water partition coefficient (Wildman–Crippen LogP) is 9.84. The number of unbranched alkanes of at least 4 members (excludes halogenated alkanes) is 27. The van der Waals surface area contributed by atoms with Crippen LogP contribution in [0, 0.1) is 0 Å². The van der Waals surface area contributed by atoms with Gasteiger partial charge in [-0.1, -0.05) is 180 Å². The third-order valence-electron chi connectivity index (χ3n) is 11.6. The number of aliphatic hydroxyl groups is 5. The first-order valence-electron chi connectivity index (χ1n) is 24.5. The summed E-state index contributed by atoms with van der Waals surface area (Å²) in [6.45, 7) is 3.32. The van der Waals surface area contributed by atoms with E-state index in [4.69, 9.17) is 18.5 Å². The fourth-order valence-electron chi connectivity index (χ4n) is 7.64. The minimum atomic E-state index is -5.11. The summed E-state index contributed by atoms with van der Waals surface area (Å²) in [5.74, 6) is -1.09. The van der Waals surface area contributed by atoms with Crippen LogP contribution in [-0.4, -0.2) is 98.3 Å². The molecular formula is C47H89O13P. The summed E-state index contributed by atoms with van der Waals surface area (Å²) in [5, 5.41) is 50.2. The second-order valence-corrected chi connectivity index (χ2v) is 18.7. The van der Waals surface area contributed by atoms with Crippen molar-refractivity contribution in [2.75, 3.05) is 13.2 Å². The first-order chi connectivity index (χ1) is 29.4. The lowest BCUT2D eigenvalue weighted by Crippen LogP contribution is -2.64. The number of carbonyl (C=O) groups is 2. The van der Waals surface area contributed by atoms with E-state index in [1.807, 2.05) is 0 Å². The van der Waals surface area contributed by atoms with Gasteiger partial charge in [-0.25, -0.2) is 4.57 Å². The molecule has 1 saturated carbocycles. The summed E-state index contributed by atoms with van der Waals surface area (Å²) in [6, 6.07) is 0. The SMILES string of the molecule is CCCCCCCC/C=C\CCCCCCCCCC(=O)OC[C@H](COP(=O)(O)OC1C(O)C(O)C(O)[C@@H](O)C1O)OC(=O)CCCCCCCCCCCCCCCCC. The number of esters is 2. The maximum absolute atomic E-state index is 12.8. The molecule has 0 aromatic heterocycles. The van der Waals surface area contributed by atoms with Crippen LogP contribution in [0.2, 0.25) is 0 Å². The van der Waals surface area contributed by atoms with E-state index in [1.54, 1.807) is 0 Å². The van der Waals surface area contributed by atoms with Crippen molar-refractivity contribution in [1.29, 1.82) is 0 Å². The Balaban J connectivity index is 2.42. The van der Waals surface area contributed by atoms with Crippen LogP contribution in [0.1, 0.15) is 219 Å². The number of phosphoric ester groups is 1. The van der Waals surface area contributed by atoms with Gasteiger partial charge in [0.15, 0.2) is 6.10 Å². The van der Waals surface area contributed by atoms with Gasteiger partial charge in [0.25, 0.3) is 0 Å². The van der Waals surface area contributed by atoms with Crippen LogP contribution in [0.3, 0.4) is 0 Å². The Morgan fingerprint density at radius 2 is 0.836 bits per heavy atom. The second-order valence-electron chi connectivity index (χ2n) is 17.3. The summed E-state index contributed by atoms with van der Waals surface area (Å²) < 4.78 is 33.6. The lowest BCUT2D eigenvalue weighted by molar-refractivity contribution is -0.220. The molecule has 6 N–H and O–H groups in total. The molecule has 360 valence electrons. The van der Waals surface area contributed by atoms with Gasteiger partial charge >= 0.3 is 19.8 Å². The maximum Gasteiger partial charge on any atom is 0.472 e. The minimum absolute atomic E-state index is 0.102. The molecule has 0 bridgehead atoms. The van der Waals surface area contributed by atoms with E-state index >= 15 is 0 Å². The Morgan fingerprint density at radius 3 is 1.25 bits per heavy atom. The molecule has 13 nitrogen and oxygen atoms in total. The van der Waals surface area contributed by atoms with Gasteiger partial charge in [-0.15, -0.1) is 0 Å². The highest BCUT2D eigenvalue weighted by Gasteiger charge is 2.51. The zero-order valence-corrected chi connectivity index (χ0v) is 39.1. The molecule has 0 heterocycles. The average Bonchev–Trinajstić information content (AvgIpc) is 3.24. The molecular weight excluding hydrogens is 803 g/mol. The van der Waals surface area contributed by atoms with Gasteiger partial charge in [0, 0.05) is 12.8 Å². The summed E-state index contributed by atoms with van der Waals surface area (Å²) in [6.07, 6.45) is 26.9. The highest BCUT2D eigenvalue weighted by atomic mass is 31.2. The Hall–Kier alpha value is -1.41. The van der Waals surface area contributed by atoms with Crippen LogP contribution in [0.25, 0.3) is 0 Å². The number of hydrogen-bond donors (Lipinski definition) is 6. The van der Waals surface area contributed by atoms with Crippen molar-refractivity contribution in [3.8, 4) is 0 Å². The van der Waals surface area contributed by atoms with E-state index in [9.17, 15) is 44.6 Å². The fourth-order valence-corrected chi connectivity index (χ4v) is 8.61. The Morgan fingerprint density at radius 1 is 0.492 bits per heavy atom. The van der Waals surface area contributed by atoms with Crippen molar-refractivity contribution in [1.82, 2.24) is 0 Å². The van der Waals surface area contributed by atoms with Crippen molar-refractivity contribution in [2.24, 2.45) is 0 Å². The number of carbonyl (C=O) groups excluding carboxylic acids is 2. The predicted molar refractivity (Wildman–Crippen MR) is 240 cm³/mol. The summed E-state index contributed by atoms with van der Waals surface area (Å²) >= 11 is 0. The van der Waals surface area contributed by atoms with E-state index < -0.39 is 75.7 Å². The minimum Gasteiger partial charge on any atom is -0.462 e. The van der Waals surface area contributed by atoms with Gasteiger partial charge in [-0.3, -0.25) is 18.6 Å². The number of phosphoric acid groups is 1. The quantitative estimate of drug-likeness (QED) is 0.0146. The average molecular weight is 893 g/mol. The second kappa shape index (κ2) is 37.9. The van der Waals surface area contributed by atoms with Gasteiger partial charge in [-0.05, 0) is 38.5 Å². The third kappa shape index (κ3) is 30.4. The maximum atomic E-state index is 12.8. The zero-order chi connectivity index (χ0) is 45.0. The number of aliphatic hydroxyl groups excluding tert-OH is 5. The smallest absolute Gasteiger partial charge is 0.462 e. The summed E-state index contributed by atoms with van der Waals surface area (Å²) in [5.41, 5.74) is 0. The fraction of sp³-hybridized carbons (Fsp3) is 0.915. The molecule has 0 amide bonds. The monoisotopic (exact) mass is 893 g/mol. The van der Waals surface area contributed by atoms with Crippen molar-refractivity contribution in [2.45, 2.75) is 262 Å². The highest BCUT2D eigenvalue weighted by Crippen LogP contribution is 2.47. The van der Waals surface area contributed by atoms with Crippen LogP contribution >= 0.6 is 7.82 Å². The van der Waals surface area contributed by atoms with Crippen LogP contribution in [-0.2, 0) is 32.7 Å². The first kappa shape index (κ1) is 57.6. The van der Waals surface area contributed by atoms with Gasteiger partial charge in [0.2, 0.25) is 0 Å². The van der Waals surface area contributed by atoms with Gasteiger partial charge in [-0.2, -0.15) is 0 Å². The van der Waals surface area contributed by atoms with E-state index in [0.717, 1.165) is 51.4 Å². The Bertz CT molecular complexity index is 1120. The number of hydrogen-bond acceptors (Lipinski definition) is 12. The molecule has 1 fully saturated rings. The molecule has 1 rings (SSSR count). The van der Waals surface area contributed by atoms with E-state index in [2.05, 4.69) is 26.0 Å². The number of ether oxygens (including phenoxy) is 2. The largest absolute Gasteiger partial charge is 0.472 e. The standard InChI is InChI=1S/C47H89O13P/c1-3-5-7-9-11-13-15-17-19-20-22-23-25-27-29-31-33-35-40(48)57-37-39(38-58-61(55,56)60-47-45(53)43(51)42(50)44(52)46(47)54)59-41(49)36-34-32-30-28-26-24-21-18-16-14-12-10-8-6-4-2/h17,19,39,42-47,50-54H,3-16,18,20-38H2,1-2H3,(H,55,56)/b19-17-/t39-,42?,43-,44?,45?,46?,47?/m1/s1. The molecule has 0 aromatic carbocycles. The van der Waals surface area contributed by atoms with E-state index in [1.165, 1.54) is 128 Å². The van der Waals surface area contributed by atoms with Crippen LogP contribution < -0.4 is 0 Å². The lowest BCUT2D eigenvalue weighted by Gasteiger charge is -2.41. The Kier molecular flexibility index (Phi) is 35.8. The van der Waals surface area contributed by atoms with Gasteiger partial charge in [0.1, 0.15) is 43.2 Å². The molecule has 6 unspecified atom stereocenters. The van der Waals surface area contributed by atoms with E-state index in [-0.39, 0.29) is 12.8 Å². The molecule has 1 aliphatic carbocycles. The van der Waals surface area contributed by atoms with Crippen molar-refractivity contribution < 1.29 is 63.1 Å². The van der Waals surface area contributed by atoms with Crippen LogP contribution in [0.15, 0.2) is 12.2 Å². The lowest BCUT2D eigenvalue weighted by atomic mass is 9.85. The number of allylic oxidation sites excluding steroid dienone is 2. The number of rotatable bonds is 41. The molecule has 0 radical (unpaired) electrons. The first-order valence-corrected chi connectivity index (χ1v) is 26.0. The highest BCUT2D eigenvalue weighted by molar-refractivity contribution is 7.47. The van der Waals surface area contributed by atoms with Crippen molar-refractivity contribution in [3.05, 3.63) is 12.2 Å². The van der Waals surface area contributed by atoms with Gasteiger partial charge < -0.3 is 39.9 Å². The molecule has 14 heteroatoms. The molecule has 1 aliphatic rings. The summed E-state index contributed by atoms with van der Waals surface area (Å²) in [4.78, 5) is 35.7. The van der Waals surface area contributed by atoms with Gasteiger partial charge in [0.05, 0.1) is 6.61 Å². The molecule has 0 spiro atoms. The zero-order valence-electron chi connectivity index (χ0n) is 38.2. The van der Waals surface area contributed by atoms with Crippen molar-refractivity contribution in [3.63, 3.8) is 0 Å². The molecule has 0 aromatic rings. The topological polar surface area (TPSA) is 210 Å². The normalized spacial score (nSPS) is 22.0. The van der Waals surface area contributed by atoms with E-state index in [0.29, 0.717) is 12.8 Å². The van der Waals surface area contributed by atoms with Crippen LogP contribution in [0.5, 0.6) is 0 Å².